The summed E-state index contributed by atoms with van der Waals surface area (Å²) in [5.74, 6) is 0.704. The number of hydrogen-bond acceptors (Lipinski definition) is 7. The van der Waals surface area contributed by atoms with E-state index in [0.29, 0.717) is 37.0 Å². The Balaban J connectivity index is 0.00000300. The van der Waals surface area contributed by atoms with Crippen molar-refractivity contribution in [2.24, 2.45) is 4.99 Å². The van der Waals surface area contributed by atoms with Gasteiger partial charge in [-0.1, -0.05) is 18.2 Å². The summed E-state index contributed by atoms with van der Waals surface area (Å²) in [5, 5.41) is 3.15. The molecule has 10 heteroatoms. The van der Waals surface area contributed by atoms with Crippen LogP contribution in [-0.4, -0.2) is 80.4 Å². The number of carbonyl (C=O) groups excluding carboxylic acids is 1. The summed E-state index contributed by atoms with van der Waals surface area (Å²) in [6, 6.07) is 8.53. The van der Waals surface area contributed by atoms with Gasteiger partial charge in [0.2, 0.25) is 0 Å². The van der Waals surface area contributed by atoms with Gasteiger partial charge in [0.05, 0.1) is 23.2 Å². The Hall–Kier alpha value is -1.56. The molecular formula is C19H29IN4O4S. The molecule has 1 atom stereocenters. The van der Waals surface area contributed by atoms with Gasteiger partial charge in [-0.3, -0.25) is 4.99 Å². The van der Waals surface area contributed by atoms with Crippen LogP contribution in [0, 0.1) is 0 Å². The fourth-order valence-electron chi connectivity index (χ4n) is 3.27. The van der Waals surface area contributed by atoms with Crippen molar-refractivity contribution in [2.75, 3.05) is 38.5 Å². The zero-order valence-corrected chi connectivity index (χ0v) is 20.1. The van der Waals surface area contributed by atoms with Crippen molar-refractivity contribution in [3.05, 3.63) is 30.3 Å². The third-order valence-electron chi connectivity index (χ3n) is 4.61. The number of piperazine rings is 1. The number of aliphatic imine (C=N–C) groups is 1. The number of sulfone groups is 1. The van der Waals surface area contributed by atoms with E-state index in [-0.39, 0.29) is 48.4 Å². The number of fused-ring (bicyclic) bond motifs is 1. The molecule has 1 N–H and O–H groups in total. The van der Waals surface area contributed by atoms with Crippen molar-refractivity contribution in [3.63, 3.8) is 0 Å². The monoisotopic (exact) mass is 536 g/mol. The van der Waals surface area contributed by atoms with Gasteiger partial charge in [0.25, 0.3) is 0 Å². The zero-order valence-electron chi connectivity index (χ0n) is 17.0. The molecule has 1 fully saturated rings. The smallest absolute Gasteiger partial charge is 0.410 e. The third-order valence-corrected chi connectivity index (χ3v) is 6.35. The second-order valence-corrected chi connectivity index (χ2v) is 10.1. The van der Waals surface area contributed by atoms with Crippen LogP contribution in [0.1, 0.15) is 20.8 Å². The lowest BCUT2D eigenvalue weighted by molar-refractivity contribution is 0.0137. The molecule has 1 unspecified atom stereocenters. The summed E-state index contributed by atoms with van der Waals surface area (Å²) in [6.45, 7) is 8.16. The number of benzene rings is 1. The molecule has 2 aliphatic rings. The number of guanidine groups is 1. The molecule has 8 nitrogen and oxygen atoms in total. The molecule has 1 amide bonds. The van der Waals surface area contributed by atoms with Gasteiger partial charge in [-0.05, 0) is 32.9 Å². The average molecular weight is 536 g/mol. The van der Waals surface area contributed by atoms with Crippen molar-refractivity contribution < 1.29 is 17.9 Å². The predicted molar refractivity (Wildman–Crippen MR) is 123 cm³/mol. The Kier molecular flexibility index (Phi) is 7.77. The minimum atomic E-state index is -3.32. The summed E-state index contributed by atoms with van der Waals surface area (Å²) in [7, 11) is -3.32. The lowest BCUT2D eigenvalue weighted by Crippen LogP contribution is -2.57. The molecular weight excluding hydrogens is 507 g/mol. The largest absolute Gasteiger partial charge is 0.444 e. The van der Waals surface area contributed by atoms with Crippen LogP contribution in [-0.2, 0) is 14.6 Å². The average Bonchev–Trinajstić information content (AvgIpc) is 3.03. The highest BCUT2D eigenvalue weighted by Crippen LogP contribution is 2.18. The third kappa shape index (κ3) is 6.21. The molecule has 2 aliphatic heterocycles. The van der Waals surface area contributed by atoms with Crippen LogP contribution in [0.15, 0.2) is 40.2 Å². The summed E-state index contributed by atoms with van der Waals surface area (Å²) in [4.78, 5) is 20.9. The first-order valence-corrected chi connectivity index (χ1v) is 11.1. The Labute approximate surface area is 189 Å². The maximum absolute atomic E-state index is 12.4. The van der Waals surface area contributed by atoms with E-state index in [4.69, 9.17) is 4.74 Å². The van der Waals surface area contributed by atoms with Gasteiger partial charge in [-0.15, -0.1) is 24.0 Å². The van der Waals surface area contributed by atoms with E-state index in [1.165, 1.54) is 0 Å². The van der Waals surface area contributed by atoms with Crippen LogP contribution in [0.3, 0.4) is 0 Å². The number of nitrogens with zero attached hydrogens (tertiary/aromatic N) is 3. The topological polar surface area (TPSA) is 91.3 Å². The van der Waals surface area contributed by atoms with Crippen molar-refractivity contribution in [1.29, 1.82) is 0 Å². The number of hydrogen-bond donors (Lipinski definition) is 1. The molecule has 1 aromatic rings. The Bertz CT molecular complexity index is 840. The molecule has 0 saturated carbocycles. The van der Waals surface area contributed by atoms with Crippen LogP contribution < -0.4 is 5.32 Å². The lowest BCUT2D eigenvalue weighted by atomic mass is 10.2. The van der Waals surface area contributed by atoms with Crippen molar-refractivity contribution in [3.8, 4) is 0 Å². The van der Waals surface area contributed by atoms with E-state index >= 15 is 0 Å². The SMILES string of the molecule is CC(C)(C)OC(=O)N1CCN2C(NCCS(=O)(=O)c3ccccc3)=NCC2C1.I. The summed E-state index contributed by atoms with van der Waals surface area (Å²) < 4.78 is 30.2. The molecule has 0 bridgehead atoms. The number of nitrogens with one attached hydrogen (secondary N) is 1. The molecule has 2 heterocycles. The highest BCUT2D eigenvalue weighted by Gasteiger charge is 2.36. The number of rotatable bonds is 4. The van der Waals surface area contributed by atoms with Crippen LogP contribution in [0.4, 0.5) is 4.79 Å². The van der Waals surface area contributed by atoms with Crippen LogP contribution in [0.5, 0.6) is 0 Å². The van der Waals surface area contributed by atoms with Gasteiger partial charge in [-0.25, -0.2) is 13.2 Å². The number of amides is 1. The van der Waals surface area contributed by atoms with E-state index in [0.717, 1.165) is 0 Å². The van der Waals surface area contributed by atoms with Crippen molar-refractivity contribution in [1.82, 2.24) is 15.1 Å². The van der Waals surface area contributed by atoms with Crippen molar-refractivity contribution >= 4 is 45.9 Å². The fourth-order valence-corrected chi connectivity index (χ4v) is 4.44. The Morgan fingerprint density at radius 3 is 2.59 bits per heavy atom. The first-order valence-electron chi connectivity index (χ1n) is 9.46. The van der Waals surface area contributed by atoms with Crippen LogP contribution in [0.25, 0.3) is 0 Å². The van der Waals surface area contributed by atoms with Crippen molar-refractivity contribution in [2.45, 2.75) is 37.3 Å². The quantitative estimate of drug-likeness (QED) is 0.592. The van der Waals surface area contributed by atoms with E-state index in [9.17, 15) is 13.2 Å². The number of halogens is 1. The van der Waals surface area contributed by atoms with Gasteiger partial charge in [0.1, 0.15) is 5.60 Å². The first-order chi connectivity index (χ1) is 13.2. The van der Waals surface area contributed by atoms with E-state index in [1.807, 2.05) is 20.8 Å². The van der Waals surface area contributed by atoms with Crippen LogP contribution >= 0.6 is 24.0 Å². The van der Waals surface area contributed by atoms with Crippen LogP contribution in [0.2, 0.25) is 0 Å². The van der Waals surface area contributed by atoms with E-state index in [1.54, 1.807) is 35.2 Å². The molecule has 0 spiro atoms. The first kappa shape index (κ1) is 23.7. The molecule has 0 aromatic heterocycles. The predicted octanol–water partition coefficient (Wildman–Crippen LogP) is 1.96. The summed E-state index contributed by atoms with van der Waals surface area (Å²) >= 11 is 0. The molecule has 0 radical (unpaired) electrons. The standard InChI is InChI=1S/C19H28N4O4S.HI/c1-19(2,3)27-18(24)22-10-11-23-15(14-22)13-21-17(23)20-9-12-28(25,26)16-7-5-4-6-8-16;/h4-8,15H,9-14H2,1-3H3,(H,20,21);1H. The molecule has 162 valence electrons. The minimum absolute atomic E-state index is 0. The molecule has 1 aromatic carbocycles. The highest BCUT2D eigenvalue weighted by atomic mass is 127. The van der Waals surface area contributed by atoms with Gasteiger partial charge < -0.3 is 19.9 Å². The minimum Gasteiger partial charge on any atom is -0.444 e. The highest BCUT2D eigenvalue weighted by molar-refractivity contribution is 14.0. The number of ether oxygens (including phenoxy) is 1. The normalized spacial score (nSPS) is 19.1. The second kappa shape index (κ2) is 9.50. The van der Waals surface area contributed by atoms with E-state index in [2.05, 4.69) is 15.2 Å². The van der Waals surface area contributed by atoms with E-state index < -0.39 is 15.4 Å². The summed E-state index contributed by atoms with van der Waals surface area (Å²) in [5.41, 5.74) is -0.517. The molecule has 3 rings (SSSR count). The Morgan fingerprint density at radius 1 is 1.24 bits per heavy atom. The zero-order chi connectivity index (χ0) is 20.4. The van der Waals surface area contributed by atoms with Gasteiger partial charge in [0.15, 0.2) is 15.8 Å². The maximum atomic E-state index is 12.4. The molecule has 1 saturated heterocycles. The lowest BCUT2D eigenvalue weighted by Gasteiger charge is -2.39. The van der Waals surface area contributed by atoms with Gasteiger partial charge in [0, 0.05) is 26.2 Å². The number of carbonyl (C=O) groups is 1. The summed E-state index contributed by atoms with van der Waals surface area (Å²) in [6.07, 6.45) is -0.303. The maximum Gasteiger partial charge on any atom is 0.410 e. The van der Waals surface area contributed by atoms with Gasteiger partial charge >= 0.3 is 6.09 Å². The Morgan fingerprint density at radius 2 is 1.93 bits per heavy atom. The molecule has 29 heavy (non-hydrogen) atoms. The second-order valence-electron chi connectivity index (χ2n) is 8.00. The van der Waals surface area contributed by atoms with Gasteiger partial charge in [-0.2, -0.15) is 0 Å². The fraction of sp³-hybridized carbons (Fsp3) is 0.579. The molecule has 0 aliphatic carbocycles.